The number of hydrogen-bond acceptors (Lipinski definition) is 5. The summed E-state index contributed by atoms with van der Waals surface area (Å²) >= 11 is 0. The Kier molecular flexibility index (Phi) is 4.68. The molecule has 0 unspecified atom stereocenters. The van der Waals surface area contributed by atoms with Crippen molar-refractivity contribution in [3.05, 3.63) is 83.9 Å². The number of amides is 1. The van der Waals surface area contributed by atoms with Crippen molar-refractivity contribution in [2.75, 3.05) is 19.1 Å². The number of nitrogens with zero attached hydrogens (tertiary/aromatic N) is 2. The number of ether oxygens (including phenoxy) is 2. The van der Waals surface area contributed by atoms with Gasteiger partial charge in [-0.05, 0) is 48.5 Å². The summed E-state index contributed by atoms with van der Waals surface area (Å²) < 4.78 is 16.0. The average Bonchev–Trinajstić information content (AvgIpc) is 3.36. The Morgan fingerprint density at radius 2 is 1.75 bits per heavy atom. The predicted octanol–water partition coefficient (Wildman–Crippen LogP) is 4.13. The van der Waals surface area contributed by atoms with Crippen LogP contribution in [0, 0.1) is 0 Å². The maximum absolute atomic E-state index is 13.2. The monoisotopic (exact) mass is 374 g/mol. The molecule has 1 aromatic heterocycles. The molecule has 1 aliphatic heterocycles. The predicted molar refractivity (Wildman–Crippen MR) is 107 cm³/mol. The smallest absolute Gasteiger partial charge is 0.282 e. The molecule has 0 radical (unpaired) electrons. The number of methoxy groups -OCH3 is 2. The number of benzene rings is 2. The molecular weight excluding hydrogens is 356 g/mol. The molecule has 0 fully saturated rings. The Hall–Kier alpha value is -3.80. The molecule has 0 bridgehead atoms. The SMILES string of the molecule is COc1ccc(N2C(=O)/C(=C\c3ccco3)N=C2c2ccccc2OC)cc1. The van der Waals surface area contributed by atoms with Crippen molar-refractivity contribution >= 4 is 23.5 Å². The van der Waals surface area contributed by atoms with E-state index < -0.39 is 0 Å². The van der Waals surface area contributed by atoms with E-state index in [-0.39, 0.29) is 11.6 Å². The van der Waals surface area contributed by atoms with Crippen molar-refractivity contribution in [2.45, 2.75) is 0 Å². The third kappa shape index (κ3) is 3.16. The van der Waals surface area contributed by atoms with Crippen molar-refractivity contribution < 1.29 is 18.7 Å². The molecule has 0 saturated heterocycles. The fraction of sp³-hybridized carbons (Fsp3) is 0.0909. The van der Waals surface area contributed by atoms with Gasteiger partial charge in [0, 0.05) is 6.08 Å². The highest BCUT2D eigenvalue weighted by molar-refractivity contribution is 6.33. The van der Waals surface area contributed by atoms with E-state index in [1.165, 1.54) is 0 Å². The highest BCUT2D eigenvalue weighted by atomic mass is 16.5. The Morgan fingerprint density at radius 3 is 2.43 bits per heavy atom. The van der Waals surface area contributed by atoms with Crippen molar-refractivity contribution in [1.82, 2.24) is 0 Å². The van der Waals surface area contributed by atoms with Gasteiger partial charge in [0.2, 0.25) is 0 Å². The number of carbonyl (C=O) groups excluding carboxylic acids is 1. The topological polar surface area (TPSA) is 64.3 Å². The number of aliphatic imine (C=N–C) groups is 1. The van der Waals surface area contributed by atoms with E-state index in [0.717, 1.165) is 5.56 Å². The lowest BCUT2D eigenvalue weighted by molar-refractivity contribution is -0.113. The molecule has 140 valence electrons. The first kappa shape index (κ1) is 17.6. The minimum atomic E-state index is -0.248. The molecule has 0 spiro atoms. The quantitative estimate of drug-likeness (QED) is 0.630. The zero-order chi connectivity index (χ0) is 19.5. The van der Waals surface area contributed by atoms with Gasteiger partial charge in [0.1, 0.15) is 23.0 Å². The summed E-state index contributed by atoms with van der Waals surface area (Å²) in [5, 5.41) is 0. The van der Waals surface area contributed by atoms with Crippen LogP contribution in [0.5, 0.6) is 11.5 Å². The van der Waals surface area contributed by atoms with Crippen LogP contribution in [0.25, 0.3) is 6.08 Å². The average molecular weight is 374 g/mol. The third-order valence-corrected chi connectivity index (χ3v) is 4.36. The van der Waals surface area contributed by atoms with Crippen LogP contribution >= 0.6 is 0 Å². The molecule has 0 saturated carbocycles. The Balaban J connectivity index is 1.84. The molecule has 0 aliphatic carbocycles. The number of hydrogen-bond donors (Lipinski definition) is 0. The number of amidine groups is 1. The van der Waals surface area contributed by atoms with E-state index in [9.17, 15) is 4.79 Å². The van der Waals surface area contributed by atoms with Gasteiger partial charge in [-0.3, -0.25) is 9.69 Å². The number of anilines is 1. The van der Waals surface area contributed by atoms with Crippen LogP contribution in [-0.2, 0) is 4.79 Å². The molecular formula is C22H18N2O4. The highest BCUT2D eigenvalue weighted by Gasteiger charge is 2.34. The summed E-state index contributed by atoms with van der Waals surface area (Å²) in [5.74, 6) is 2.14. The first-order chi connectivity index (χ1) is 13.7. The summed E-state index contributed by atoms with van der Waals surface area (Å²) in [6.45, 7) is 0. The summed E-state index contributed by atoms with van der Waals surface area (Å²) in [6.07, 6.45) is 3.18. The molecule has 6 nitrogen and oxygen atoms in total. The fourth-order valence-corrected chi connectivity index (χ4v) is 3.01. The van der Waals surface area contributed by atoms with Gasteiger partial charge in [0.15, 0.2) is 5.84 Å². The minimum absolute atomic E-state index is 0.248. The molecule has 0 N–H and O–H groups in total. The van der Waals surface area contributed by atoms with Crippen molar-refractivity contribution in [3.8, 4) is 11.5 Å². The lowest BCUT2D eigenvalue weighted by Crippen LogP contribution is -2.32. The van der Waals surface area contributed by atoms with Crippen LogP contribution in [0.15, 0.2) is 82.0 Å². The van der Waals surface area contributed by atoms with E-state index >= 15 is 0 Å². The van der Waals surface area contributed by atoms with Crippen LogP contribution in [0.1, 0.15) is 11.3 Å². The van der Waals surface area contributed by atoms with Gasteiger partial charge in [-0.15, -0.1) is 0 Å². The van der Waals surface area contributed by atoms with E-state index in [1.807, 2.05) is 36.4 Å². The second kappa shape index (κ2) is 7.44. The highest BCUT2D eigenvalue weighted by Crippen LogP contribution is 2.32. The van der Waals surface area contributed by atoms with Crippen molar-refractivity contribution in [1.29, 1.82) is 0 Å². The molecule has 2 aromatic carbocycles. The van der Waals surface area contributed by atoms with E-state index in [0.29, 0.717) is 28.8 Å². The maximum Gasteiger partial charge on any atom is 0.282 e. The van der Waals surface area contributed by atoms with Gasteiger partial charge in [0.25, 0.3) is 5.91 Å². The van der Waals surface area contributed by atoms with Gasteiger partial charge in [0.05, 0.1) is 31.7 Å². The number of carbonyl (C=O) groups is 1. The molecule has 3 aromatic rings. The van der Waals surface area contributed by atoms with Crippen LogP contribution in [0.4, 0.5) is 5.69 Å². The lowest BCUT2D eigenvalue weighted by Gasteiger charge is -2.20. The fourth-order valence-electron chi connectivity index (χ4n) is 3.01. The molecule has 6 heteroatoms. The van der Waals surface area contributed by atoms with E-state index in [1.54, 1.807) is 55.7 Å². The maximum atomic E-state index is 13.2. The Bertz CT molecular complexity index is 1050. The zero-order valence-electron chi connectivity index (χ0n) is 15.5. The summed E-state index contributed by atoms with van der Waals surface area (Å²) in [7, 11) is 3.19. The number of para-hydroxylation sites is 1. The second-order valence-corrected chi connectivity index (χ2v) is 6.02. The Morgan fingerprint density at radius 1 is 0.964 bits per heavy atom. The summed E-state index contributed by atoms with van der Waals surface area (Å²) in [6, 6.07) is 18.2. The van der Waals surface area contributed by atoms with Crippen LogP contribution in [0.2, 0.25) is 0 Å². The second-order valence-electron chi connectivity index (χ2n) is 6.02. The van der Waals surface area contributed by atoms with Crippen molar-refractivity contribution in [2.24, 2.45) is 4.99 Å². The first-order valence-corrected chi connectivity index (χ1v) is 8.67. The molecule has 2 heterocycles. The summed E-state index contributed by atoms with van der Waals surface area (Å²) in [5.41, 5.74) is 1.68. The molecule has 1 amide bonds. The van der Waals surface area contributed by atoms with Gasteiger partial charge in [-0.2, -0.15) is 0 Å². The molecule has 4 rings (SSSR count). The first-order valence-electron chi connectivity index (χ1n) is 8.67. The van der Waals surface area contributed by atoms with Crippen LogP contribution in [0.3, 0.4) is 0 Å². The number of rotatable bonds is 5. The molecule has 0 atom stereocenters. The van der Waals surface area contributed by atoms with Crippen LogP contribution < -0.4 is 14.4 Å². The Labute approximate surface area is 162 Å². The zero-order valence-corrected chi connectivity index (χ0v) is 15.5. The number of furan rings is 1. The largest absolute Gasteiger partial charge is 0.497 e. The normalized spacial score (nSPS) is 15.1. The lowest BCUT2D eigenvalue weighted by atomic mass is 10.1. The van der Waals surface area contributed by atoms with E-state index in [2.05, 4.69) is 4.99 Å². The molecule has 28 heavy (non-hydrogen) atoms. The standard InChI is InChI=1S/C22H18N2O4/c1-26-16-11-9-15(10-12-16)24-21(18-7-3-4-8-20(18)27-2)23-19(22(24)25)14-17-6-5-13-28-17/h3-14H,1-2H3/b19-14+. The van der Waals surface area contributed by atoms with Gasteiger partial charge in [-0.25, -0.2) is 4.99 Å². The van der Waals surface area contributed by atoms with Crippen LogP contribution in [-0.4, -0.2) is 26.0 Å². The molecule has 1 aliphatic rings. The van der Waals surface area contributed by atoms with Gasteiger partial charge in [-0.1, -0.05) is 12.1 Å². The summed E-state index contributed by atoms with van der Waals surface area (Å²) in [4.78, 5) is 19.4. The van der Waals surface area contributed by atoms with Gasteiger partial charge >= 0.3 is 0 Å². The van der Waals surface area contributed by atoms with E-state index in [4.69, 9.17) is 13.9 Å². The van der Waals surface area contributed by atoms with Crippen molar-refractivity contribution in [3.63, 3.8) is 0 Å². The van der Waals surface area contributed by atoms with Gasteiger partial charge < -0.3 is 13.9 Å². The third-order valence-electron chi connectivity index (χ3n) is 4.36. The minimum Gasteiger partial charge on any atom is -0.497 e.